The van der Waals surface area contributed by atoms with Crippen LogP contribution in [0.2, 0.25) is 0 Å². The summed E-state index contributed by atoms with van der Waals surface area (Å²) in [5.74, 6) is 0.183. The van der Waals surface area contributed by atoms with Crippen molar-refractivity contribution in [3.8, 4) is 0 Å². The Balaban J connectivity index is 1.90. The second-order valence-corrected chi connectivity index (χ2v) is 6.43. The molecule has 1 amide bonds. The van der Waals surface area contributed by atoms with Gasteiger partial charge in [0.1, 0.15) is 0 Å². The first-order chi connectivity index (χ1) is 9.16. The van der Waals surface area contributed by atoms with Crippen LogP contribution in [-0.2, 0) is 0 Å². The van der Waals surface area contributed by atoms with Crippen molar-refractivity contribution in [1.29, 1.82) is 0 Å². The fourth-order valence-corrected chi connectivity index (χ4v) is 3.91. The maximum absolute atomic E-state index is 12.8. The molecule has 2 aliphatic heterocycles. The lowest BCUT2D eigenvalue weighted by atomic mass is 10.1. The van der Waals surface area contributed by atoms with E-state index in [-0.39, 0.29) is 5.91 Å². The molecule has 1 aromatic rings. The van der Waals surface area contributed by atoms with Gasteiger partial charge in [-0.25, -0.2) is 0 Å². The molecule has 2 unspecified atom stereocenters. The zero-order chi connectivity index (χ0) is 13.4. The lowest BCUT2D eigenvalue weighted by Gasteiger charge is -2.28. The lowest BCUT2D eigenvalue weighted by Crippen LogP contribution is -2.42. The van der Waals surface area contributed by atoms with Crippen LogP contribution < -0.4 is 5.32 Å². The standard InChI is InChI=1S/C15H19BrN2O/c1-10-2-5-13(14(16)8-10)15(19)18-11-3-4-12(18)9-17-7-6-11/h2,5,8,11-12,17H,3-4,6-7,9H2,1H3. The average Bonchev–Trinajstić information content (AvgIpc) is 2.62. The third-order valence-electron chi connectivity index (χ3n) is 4.24. The van der Waals surface area contributed by atoms with E-state index in [1.54, 1.807) is 0 Å². The van der Waals surface area contributed by atoms with Gasteiger partial charge in [0, 0.05) is 23.1 Å². The number of halogens is 1. The van der Waals surface area contributed by atoms with Crippen molar-refractivity contribution in [3.05, 3.63) is 33.8 Å². The van der Waals surface area contributed by atoms with Gasteiger partial charge in [-0.15, -0.1) is 0 Å². The molecule has 0 saturated carbocycles. The molecule has 102 valence electrons. The Labute approximate surface area is 122 Å². The van der Waals surface area contributed by atoms with Crippen LogP contribution in [0.1, 0.15) is 35.2 Å². The van der Waals surface area contributed by atoms with Gasteiger partial charge in [-0.2, -0.15) is 0 Å². The maximum Gasteiger partial charge on any atom is 0.255 e. The van der Waals surface area contributed by atoms with Crippen molar-refractivity contribution in [1.82, 2.24) is 10.2 Å². The van der Waals surface area contributed by atoms with Gasteiger partial charge in [-0.1, -0.05) is 6.07 Å². The molecule has 2 fully saturated rings. The molecule has 0 aromatic heterocycles. The van der Waals surface area contributed by atoms with Crippen LogP contribution in [0, 0.1) is 6.92 Å². The maximum atomic E-state index is 12.8. The number of rotatable bonds is 1. The van der Waals surface area contributed by atoms with Crippen LogP contribution >= 0.6 is 15.9 Å². The fraction of sp³-hybridized carbons (Fsp3) is 0.533. The predicted octanol–water partition coefficient (Wildman–Crippen LogP) is 2.72. The first-order valence-electron chi connectivity index (χ1n) is 6.96. The van der Waals surface area contributed by atoms with Crippen molar-refractivity contribution in [2.75, 3.05) is 13.1 Å². The molecule has 2 aliphatic rings. The first kappa shape index (κ1) is 13.1. The zero-order valence-corrected chi connectivity index (χ0v) is 12.7. The monoisotopic (exact) mass is 322 g/mol. The van der Waals surface area contributed by atoms with Crippen LogP contribution in [-0.4, -0.2) is 36.0 Å². The Hall–Kier alpha value is -0.870. The molecule has 2 heterocycles. The normalized spacial score (nSPS) is 26.3. The molecule has 0 radical (unpaired) electrons. The number of nitrogens with zero attached hydrogens (tertiary/aromatic N) is 1. The van der Waals surface area contributed by atoms with Crippen LogP contribution in [0.15, 0.2) is 22.7 Å². The van der Waals surface area contributed by atoms with Gasteiger partial charge in [0.15, 0.2) is 0 Å². The molecule has 3 rings (SSSR count). The van der Waals surface area contributed by atoms with Gasteiger partial charge in [-0.3, -0.25) is 4.79 Å². The van der Waals surface area contributed by atoms with Gasteiger partial charge in [-0.05, 0) is 66.4 Å². The summed E-state index contributed by atoms with van der Waals surface area (Å²) < 4.78 is 0.911. The Kier molecular flexibility index (Phi) is 3.63. The van der Waals surface area contributed by atoms with Crippen molar-refractivity contribution < 1.29 is 4.79 Å². The smallest absolute Gasteiger partial charge is 0.255 e. The number of fused-ring (bicyclic) bond motifs is 2. The molecule has 2 saturated heterocycles. The number of hydrogen-bond donors (Lipinski definition) is 1. The minimum absolute atomic E-state index is 0.183. The zero-order valence-electron chi connectivity index (χ0n) is 11.2. The lowest BCUT2D eigenvalue weighted by molar-refractivity contribution is 0.0679. The Morgan fingerprint density at radius 2 is 2.11 bits per heavy atom. The molecule has 3 nitrogen and oxygen atoms in total. The van der Waals surface area contributed by atoms with E-state index in [1.165, 1.54) is 5.56 Å². The topological polar surface area (TPSA) is 32.3 Å². The molecule has 4 heteroatoms. The highest BCUT2D eigenvalue weighted by atomic mass is 79.9. The first-order valence-corrected chi connectivity index (χ1v) is 7.75. The van der Waals surface area contributed by atoms with Gasteiger partial charge < -0.3 is 10.2 Å². The van der Waals surface area contributed by atoms with E-state index in [2.05, 4.69) is 26.1 Å². The molecule has 1 N–H and O–H groups in total. The highest BCUT2D eigenvalue weighted by molar-refractivity contribution is 9.10. The second-order valence-electron chi connectivity index (χ2n) is 5.57. The third-order valence-corrected chi connectivity index (χ3v) is 4.90. The molecule has 0 spiro atoms. The number of hydrogen-bond acceptors (Lipinski definition) is 2. The average molecular weight is 323 g/mol. The largest absolute Gasteiger partial charge is 0.331 e. The van der Waals surface area contributed by atoms with E-state index in [0.717, 1.165) is 42.4 Å². The van der Waals surface area contributed by atoms with E-state index >= 15 is 0 Å². The number of benzene rings is 1. The number of amides is 1. The highest BCUT2D eigenvalue weighted by Crippen LogP contribution is 2.31. The Morgan fingerprint density at radius 3 is 2.89 bits per heavy atom. The number of carbonyl (C=O) groups is 1. The predicted molar refractivity (Wildman–Crippen MR) is 79.3 cm³/mol. The highest BCUT2D eigenvalue weighted by Gasteiger charge is 2.38. The summed E-state index contributed by atoms with van der Waals surface area (Å²) in [5, 5.41) is 3.43. The van der Waals surface area contributed by atoms with Crippen molar-refractivity contribution in [3.63, 3.8) is 0 Å². The van der Waals surface area contributed by atoms with E-state index in [4.69, 9.17) is 0 Å². The summed E-state index contributed by atoms with van der Waals surface area (Å²) in [6.45, 7) is 4.00. The molecule has 2 bridgehead atoms. The summed E-state index contributed by atoms with van der Waals surface area (Å²) in [6, 6.07) is 6.76. The third kappa shape index (κ3) is 2.43. The summed E-state index contributed by atoms with van der Waals surface area (Å²) in [7, 11) is 0. The molecule has 19 heavy (non-hydrogen) atoms. The van der Waals surface area contributed by atoms with E-state index < -0.39 is 0 Å². The summed E-state index contributed by atoms with van der Waals surface area (Å²) in [6.07, 6.45) is 3.36. The molecule has 1 aromatic carbocycles. The number of aryl methyl sites for hydroxylation is 1. The fourth-order valence-electron chi connectivity index (χ4n) is 3.25. The number of nitrogens with one attached hydrogen (secondary N) is 1. The van der Waals surface area contributed by atoms with E-state index in [1.807, 2.05) is 25.1 Å². The van der Waals surface area contributed by atoms with Gasteiger partial charge in [0.05, 0.1) is 5.56 Å². The SMILES string of the molecule is Cc1ccc(C(=O)N2C3CCNCC2CC3)c(Br)c1. The molecular formula is C15H19BrN2O. The van der Waals surface area contributed by atoms with Crippen LogP contribution in [0.3, 0.4) is 0 Å². The molecular weight excluding hydrogens is 304 g/mol. The Morgan fingerprint density at radius 1 is 1.32 bits per heavy atom. The van der Waals surface area contributed by atoms with E-state index in [9.17, 15) is 4.79 Å². The van der Waals surface area contributed by atoms with Gasteiger partial charge >= 0.3 is 0 Å². The summed E-state index contributed by atoms with van der Waals surface area (Å²) in [4.78, 5) is 14.9. The van der Waals surface area contributed by atoms with Crippen molar-refractivity contribution >= 4 is 21.8 Å². The van der Waals surface area contributed by atoms with Gasteiger partial charge in [0.2, 0.25) is 0 Å². The number of carbonyl (C=O) groups excluding carboxylic acids is 1. The molecule has 2 atom stereocenters. The minimum Gasteiger partial charge on any atom is -0.331 e. The van der Waals surface area contributed by atoms with Crippen molar-refractivity contribution in [2.24, 2.45) is 0 Å². The van der Waals surface area contributed by atoms with Crippen LogP contribution in [0.5, 0.6) is 0 Å². The summed E-state index contributed by atoms with van der Waals surface area (Å²) in [5.41, 5.74) is 1.97. The summed E-state index contributed by atoms with van der Waals surface area (Å²) >= 11 is 3.53. The van der Waals surface area contributed by atoms with Crippen LogP contribution in [0.25, 0.3) is 0 Å². The Bertz CT molecular complexity index is 489. The second kappa shape index (κ2) is 5.25. The molecule has 0 aliphatic carbocycles. The van der Waals surface area contributed by atoms with E-state index in [0.29, 0.717) is 12.1 Å². The van der Waals surface area contributed by atoms with Crippen molar-refractivity contribution in [2.45, 2.75) is 38.3 Å². The van der Waals surface area contributed by atoms with Gasteiger partial charge in [0.25, 0.3) is 5.91 Å². The quantitative estimate of drug-likeness (QED) is 0.862. The minimum atomic E-state index is 0.183. The van der Waals surface area contributed by atoms with Crippen LogP contribution in [0.4, 0.5) is 0 Å².